The summed E-state index contributed by atoms with van der Waals surface area (Å²) in [6.45, 7) is 2.53. The zero-order valence-electron chi connectivity index (χ0n) is 10.9. The van der Waals surface area contributed by atoms with Gasteiger partial charge in [-0.15, -0.1) is 11.3 Å². The largest absolute Gasteiger partial charge is 0.348 e. The highest BCUT2D eigenvalue weighted by Crippen LogP contribution is 2.18. The smallest absolute Gasteiger partial charge is 0.243 e. The van der Waals surface area contributed by atoms with Crippen LogP contribution in [0.3, 0.4) is 0 Å². The molecule has 9 heteroatoms. The fourth-order valence-corrected chi connectivity index (χ4v) is 2.62. The monoisotopic (exact) mass is 292 g/mol. The van der Waals surface area contributed by atoms with E-state index < -0.39 is 0 Å². The lowest BCUT2D eigenvalue weighted by molar-refractivity contribution is 0.875. The van der Waals surface area contributed by atoms with Gasteiger partial charge < -0.3 is 10.2 Å². The standard InChI is InChI=1S/C11H16N8S/c12-18-10-15-9(14-7-8-13-3-6-20-8)16-11(17-10)19-4-1-2-5-19/h3,6H,1-2,4-5,7,12H2,(H2,14,15,16,17,18). The number of nitrogens with two attached hydrogens (primary N) is 1. The van der Waals surface area contributed by atoms with Crippen molar-refractivity contribution in [3.05, 3.63) is 16.6 Å². The molecular weight excluding hydrogens is 276 g/mol. The summed E-state index contributed by atoms with van der Waals surface area (Å²) in [7, 11) is 0. The van der Waals surface area contributed by atoms with E-state index >= 15 is 0 Å². The summed E-state index contributed by atoms with van der Waals surface area (Å²) in [5, 5.41) is 6.07. The molecule has 0 aliphatic carbocycles. The average Bonchev–Trinajstić information content (AvgIpc) is 3.17. The summed E-state index contributed by atoms with van der Waals surface area (Å²) in [5.41, 5.74) is 2.48. The maximum Gasteiger partial charge on any atom is 0.243 e. The fraction of sp³-hybridized carbons (Fsp3) is 0.455. The van der Waals surface area contributed by atoms with Crippen molar-refractivity contribution in [3.63, 3.8) is 0 Å². The van der Waals surface area contributed by atoms with Gasteiger partial charge >= 0.3 is 0 Å². The van der Waals surface area contributed by atoms with Crippen LogP contribution >= 0.6 is 11.3 Å². The Balaban J connectivity index is 1.76. The summed E-state index contributed by atoms with van der Waals surface area (Å²) in [6, 6.07) is 0. The van der Waals surface area contributed by atoms with Gasteiger partial charge in [-0.05, 0) is 12.8 Å². The van der Waals surface area contributed by atoms with Crippen LogP contribution in [0.4, 0.5) is 17.8 Å². The number of hydrazine groups is 1. The lowest BCUT2D eigenvalue weighted by atomic mass is 10.4. The third-order valence-electron chi connectivity index (χ3n) is 3.02. The van der Waals surface area contributed by atoms with Crippen molar-refractivity contribution in [1.82, 2.24) is 19.9 Å². The third-order valence-corrected chi connectivity index (χ3v) is 3.80. The zero-order valence-corrected chi connectivity index (χ0v) is 11.7. The summed E-state index contributed by atoms with van der Waals surface area (Å²) in [4.78, 5) is 19.3. The van der Waals surface area contributed by atoms with E-state index in [9.17, 15) is 0 Å². The fourth-order valence-electron chi connectivity index (χ4n) is 2.06. The molecule has 3 rings (SSSR count). The average molecular weight is 292 g/mol. The molecule has 1 fully saturated rings. The Morgan fingerprint density at radius 2 is 2.00 bits per heavy atom. The first-order valence-electron chi connectivity index (χ1n) is 6.45. The number of nitrogen functional groups attached to an aromatic ring is 1. The molecule has 2 aromatic heterocycles. The molecule has 0 spiro atoms. The van der Waals surface area contributed by atoms with Crippen LogP contribution in [-0.4, -0.2) is 33.0 Å². The van der Waals surface area contributed by atoms with E-state index in [0.717, 1.165) is 18.1 Å². The van der Waals surface area contributed by atoms with Gasteiger partial charge in [0.1, 0.15) is 5.01 Å². The molecule has 20 heavy (non-hydrogen) atoms. The summed E-state index contributed by atoms with van der Waals surface area (Å²) in [5.74, 6) is 6.95. The maximum atomic E-state index is 5.42. The molecule has 0 bridgehead atoms. The lowest BCUT2D eigenvalue weighted by Gasteiger charge is -2.16. The van der Waals surface area contributed by atoms with Gasteiger partial charge in [0.05, 0.1) is 6.54 Å². The Labute approximate surface area is 120 Å². The molecule has 1 saturated heterocycles. The molecule has 1 aliphatic rings. The molecule has 106 valence electrons. The van der Waals surface area contributed by atoms with Gasteiger partial charge in [-0.2, -0.15) is 15.0 Å². The predicted octanol–water partition coefficient (Wildman–Crippen LogP) is 0.826. The SMILES string of the molecule is NNc1nc(NCc2nccs2)nc(N2CCCC2)n1. The Kier molecular flexibility index (Phi) is 3.88. The van der Waals surface area contributed by atoms with Crippen LogP contribution in [0.15, 0.2) is 11.6 Å². The second-order valence-electron chi connectivity index (χ2n) is 4.40. The first kappa shape index (κ1) is 13.0. The van der Waals surface area contributed by atoms with Crippen molar-refractivity contribution < 1.29 is 0 Å². The van der Waals surface area contributed by atoms with Gasteiger partial charge in [-0.3, -0.25) is 5.43 Å². The highest BCUT2D eigenvalue weighted by Gasteiger charge is 2.17. The zero-order chi connectivity index (χ0) is 13.8. The van der Waals surface area contributed by atoms with E-state index in [1.807, 2.05) is 5.38 Å². The molecule has 8 nitrogen and oxygen atoms in total. The molecule has 0 saturated carbocycles. The van der Waals surface area contributed by atoms with Crippen LogP contribution in [0, 0.1) is 0 Å². The van der Waals surface area contributed by atoms with Gasteiger partial charge in [0.15, 0.2) is 0 Å². The minimum Gasteiger partial charge on any atom is -0.348 e. The van der Waals surface area contributed by atoms with Crippen molar-refractivity contribution in [3.8, 4) is 0 Å². The quantitative estimate of drug-likeness (QED) is 0.549. The normalized spacial score (nSPS) is 14.6. The van der Waals surface area contributed by atoms with E-state index in [2.05, 4.69) is 35.6 Å². The van der Waals surface area contributed by atoms with Crippen molar-refractivity contribution in [2.45, 2.75) is 19.4 Å². The van der Waals surface area contributed by atoms with E-state index in [1.54, 1.807) is 17.5 Å². The van der Waals surface area contributed by atoms with Gasteiger partial charge in [0, 0.05) is 24.7 Å². The molecule has 2 aromatic rings. The number of nitrogens with one attached hydrogen (secondary N) is 2. The van der Waals surface area contributed by atoms with Crippen LogP contribution in [0.5, 0.6) is 0 Å². The van der Waals surface area contributed by atoms with Crippen LogP contribution in [0.1, 0.15) is 17.8 Å². The number of hydrogen-bond acceptors (Lipinski definition) is 9. The minimum atomic E-state index is 0.364. The summed E-state index contributed by atoms with van der Waals surface area (Å²) in [6.07, 6.45) is 4.11. The van der Waals surface area contributed by atoms with Crippen molar-refractivity contribution in [2.24, 2.45) is 5.84 Å². The molecule has 3 heterocycles. The molecule has 0 unspecified atom stereocenters. The highest BCUT2D eigenvalue weighted by atomic mass is 32.1. The lowest BCUT2D eigenvalue weighted by Crippen LogP contribution is -2.23. The molecule has 1 aliphatic heterocycles. The third kappa shape index (κ3) is 2.94. The van der Waals surface area contributed by atoms with Crippen LogP contribution in [-0.2, 0) is 6.54 Å². The van der Waals surface area contributed by atoms with Gasteiger partial charge in [-0.25, -0.2) is 10.8 Å². The number of rotatable bonds is 5. The molecule has 4 N–H and O–H groups in total. The summed E-state index contributed by atoms with van der Waals surface area (Å²) < 4.78 is 0. The van der Waals surface area contributed by atoms with E-state index in [1.165, 1.54) is 12.8 Å². The molecular formula is C11H16N8S. The highest BCUT2D eigenvalue weighted by molar-refractivity contribution is 7.09. The van der Waals surface area contributed by atoms with Crippen molar-refractivity contribution >= 4 is 29.2 Å². The Bertz CT molecular complexity index is 552. The number of thiazole rings is 1. The van der Waals surface area contributed by atoms with Crippen LogP contribution < -0.4 is 21.5 Å². The number of nitrogens with zero attached hydrogens (tertiary/aromatic N) is 5. The number of anilines is 3. The first-order chi connectivity index (χ1) is 9.85. The molecule has 0 radical (unpaired) electrons. The van der Waals surface area contributed by atoms with E-state index in [0.29, 0.717) is 24.4 Å². The summed E-state index contributed by atoms with van der Waals surface area (Å²) >= 11 is 1.59. The van der Waals surface area contributed by atoms with Gasteiger partial charge in [0.2, 0.25) is 17.8 Å². The van der Waals surface area contributed by atoms with E-state index in [-0.39, 0.29) is 0 Å². The Morgan fingerprint density at radius 1 is 1.20 bits per heavy atom. The van der Waals surface area contributed by atoms with E-state index in [4.69, 9.17) is 5.84 Å². The maximum absolute atomic E-state index is 5.42. The van der Waals surface area contributed by atoms with Crippen molar-refractivity contribution in [2.75, 3.05) is 28.7 Å². The Hall–Kier alpha value is -2.00. The van der Waals surface area contributed by atoms with Gasteiger partial charge in [0.25, 0.3) is 0 Å². The minimum absolute atomic E-state index is 0.364. The second kappa shape index (κ2) is 5.97. The van der Waals surface area contributed by atoms with Crippen LogP contribution in [0.2, 0.25) is 0 Å². The Morgan fingerprint density at radius 3 is 2.70 bits per heavy atom. The first-order valence-corrected chi connectivity index (χ1v) is 7.33. The molecule has 0 atom stereocenters. The molecule has 0 amide bonds. The predicted molar refractivity (Wildman–Crippen MR) is 78.5 cm³/mol. The topological polar surface area (TPSA) is 105 Å². The number of hydrogen-bond donors (Lipinski definition) is 3. The van der Waals surface area contributed by atoms with Gasteiger partial charge in [-0.1, -0.05) is 0 Å². The number of aromatic nitrogens is 4. The molecule has 0 aromatic carbocycles. The second-order valence-corrected chi connectivity index (χ2v) is 5.38. The van der Waals surface area contributed by atoms with Crippen molar-refractivity contribution in [1.29, 1.82) is 0 Å². The van der Waals surface area contributed by atoms with Crippen LogP contribution in [0.25, 0.3) is 0 Å².